The lowest BCUT2D eigenvalue weighted by atomic mass is 10.1. The molecule has 1 aromatic carbocycles. The van der Waals surface area contributed by atoms with Gasteiger partial charge in [0.15, 0.2) is 0 Å². The van der Waals surface area contributed by atoms with Crippen molar-refractivity contribution in [1.82, 2.24) is 5.32 Å². The number of amides is 1. The summed E-state index contributed by atoms with van der Waals surface area (Å²) in [6.07, 6.45) is 0. The molecule has 0 aliphatic rings. The first-order valence-corrected chi connectivity index (χ1v) is 6.56. The van der Waals surface area contributed by atoms with Gasteiger partial charge in [0.25, 0.3) is 5.91 Å². The molecule has 1 N–H and O–H groups in total. The SMILES string of the molecule is COCc1ccccc1CNC(=O)c1cccs1. The minimum Gasteiger partial charge on any atom is -0.380 e. The second kappa shape index (κ2) is 6.33. The molecule has 2 aromatic rings. The smallest absolute Gasteiger partial charge is 0.261 e. The Morgan fingerprint density at radius 2 is 2.00 bits per heavy atom. The van der Waals surface area contributed by atoms with Crippen LogP contribution in [0.25, 0.3) is 0 Å². The molecule has 3 nitrogen and oxygen atoms in total. The van der Waals surface area contributed by atoms with Crippen molar-refractivity contribution < 1.29 is 9.53 Å². The Kier molecular flexibility index (Phi) is 4.50. The van der Waals surface area contributed by atoms with Crippen molar-refractivity contribution in [3.8, 4) is 0 Å². The van der Waals surface area contributed by atoms with Crippen LogP contribution in [0.4, 0.5) is 0 Å². The molecule has 2 rings (SSSR count). The van der Waals surface area contributed by atoms with Crippen molar-refractivity contribution in [3.63, 3.8) is 0 Å². The molecule has 0 bridgehead atoms. The van der Waals surface area contributed by atoms with E-state index in [0.29, 0.717) is 13.2 Å². The van der Waals surface area contributed by atoms with Crippen LogP contribution in [0.15, 0.2) is 41.8 Å². The Morgan fingerprint density at radius 1 is 1.22 bits per heavy atom. The zero-order chi connectivity index (χ0) is 12.8. The summed E-state index contributed by atoms with van der Waals surface area (Å²) in [5.74, 6) is -0.0304. The molecule has 0 aliphatic carbocycles. The summed E-state index contributed by atoms with van der Waals surface area (Å²) in [7, 11) is 1.67. The first-order chi connectivity index (χ1) is 8.81. The van der Waals surface area contributed by atoms with E-state index in [-0.39, 0.29) is 5.91 Å². The van der Waals surface area contributed by atoms with Gasteiger partial charge in [-0.1, -0.05) is 30.3 Å². The van der Waals surface area contributed by atoms with Gasteiger partial charge in [-0.2, -0.15) is 0 Å². The van der Waals surface area contributed by atoms with E-state index in [2.05, 4.69) is 5.32 Å². The number of thiophene rings is 1. The fourth-order valence-electron chi connectivity index (χ4n) is 1.70. The second-order valence-corrected chi connectivity index (χ2v) is 4.81. The zero-order valence-electron chi connectivity index (χ0n) is 10.2. The maximum Gasteiger partial charge on any atom is 0.261 e. The molecule has 1 aromatic heterocycles. The summed E-state index contributed by atoms with van der Waals surface area (Å²) in [5, 5.41) is 4.81. The lowest BCUT2D eigenvalue weighted by Crippen LogP contribution is -2.22. The van der Waals surface area contributed by atoms with Gasteiger partial charge in [0.05, 0.1) is 11.5 Å². The van der Waals surface area contributed by atoms with Crippen LogP contribution in [0.1, 0.15) is 20.8 Å². The van der Waals surface area contributed by atoms with Crippen LogP contribution in [-0.4, -0.2) is 13.0 Å². The number of ether oxygens (including phenoxy) is 1. The normalized spacial score (nSPS) is 10.3. The van der Waals surface area contributed by atoms with E-state index in [1.165, 1.54) is 11.3 Å². The van der Waals surface area contributed by atoms with Gasteiger partial charge in [-0.05, 0) is 22.6 Å². The van der Waals surface area contributed by atoms with Crippen molar-refractivity contribution in [2.45, 2.75) is 13.2 Å². The van der Waals surface area contributed by atoms with Crippen LogP contribution in [0.3, 0.4) is 0 Å². The fraction of sp³-hybridized carbons (Fsp3) is 0.214. The van der Waals surface area contributed by atoms with Crippen LogP contribution >= 0.6 is 11.3 Å². The molecule has 0 saturated heterocycles. The molecule has 0 aliphatic heterocycles. The number of carbonyl (C=O) groups excluding carboxylic acids is 1. The van der Waals surface area contributed by atoms with Gasteiger partial charge in [0.2, 0.25) is 0 Å². The van der Waals surface area contributed by atoms with Crippen LogP contribution in [0.5, 0.6) is 0 Å². The van der Waals surface area contributed by atoms with Crippen molar-refractivity contribution in [2.24, 2.45) is 0 Å². The van der Waals surface area contributed by atoms with Crippen molar-refractivity contribution in [3.05, 3.63) is 57.8 Å². The van der Waals surface area contributed by atoms with E-state index >= 15 is 0 Å². The summed E-state index contributed by atoms with van der Waals surface area (Å²) in [5.41, 5.74) is 2.19. The maximum atomic E-state index is 11.8. The van der Waals surface area contributed by atoms with Crippen molar-refractivity contribution >= 4 is 17.2 Å². The highest BCUT2D eigenvalue weighted by Crippen LogP contribution is 2.11. The lowest BCUT2D eigenvalue weighted by Gasteiger charge is -2.09. The standard InChI is InChI=1S/C14H15NO2S/c1-17-10-12-6-3-2-5-11(12)9-15-14(16)13-7-4-8-18-13/h2-8H,9-10H2,1H3,(H,15,16). The number of carbonyl (C=O) groups is 1. The molecule has 1 heterocycles. The first-order valence-electron chi connectivity index (χ1n) is 5.68. The molecule has 4 heteroatoms. The molecule has 18 heavy (non-hydrogen) atoms. The van der Waals surface area contributed by atoms with E-state index in [1.807, 2.05) is 41.8 Å². The number of hydrogen-bond donors (Lipinski definition) is 1. The Hall–Kier alpha value is -1.65. The average molecular weight is 261 g/mol. The molecule has 1 amide bonds. The van der Waals surface area contributed by atoms with Crippen LogP contribution < -0.4 is 5.32 Å². The van der Waals surface area contributed by atoms with Gasteiger partial charge in [0.1, 0.15) is 0 Å². The third-order valence-corrected chi connectivity index (χ3v) is 3.47. The minimum atomic E-state index is -0.0304. The van der Waals surface area contributed by atoms with Crippen LogP contribution in [0.2, 0.25) is 0 Å². The van der Waals surface area contributed by atoms with Gasteiger partial charge >= 0.3 is 0 Å². The number of benzene rings is 1. The first kappa shape index (κ1) is 12.8. The predicted molar refractivity (Wildman–Crippen MR) is 72.6 cm³/mol. The summed E-state index contributed by atoms with van der Waals surface area (Å²) in [4.78, 5) is 12.6. The highest BCUT2D eigenvalue weighted by Gasteiger charge is 2.07. The topological polar surface area (TPSA) is 38.3 Å². The van der Waals surface area contributed by atoms with Gasteiger partial charge in [0, 0.05) is 13.7 Å². The zero-order valence-corrected chi connectivity index (χ0v) is 11.0. The van der Waals surface area contributed by atoms with Crippen molar-refractivity contribution in [1.29, 1.82) is 0 Å². The van der Waals surface area contributed by atoms with Gasteiger partial charge in [-0.15, -0.1) is 11.3 Å². The van der Waals surface area contributed by atoms with Crippen LogP contribution in [-0.2, 0) is 17.9 Å². The number of nitrogens with one attached hydrogen (secondary N) is 1. The summed E-state index contributed by atoms with van der Waals surface area (Å²) >= 11 is 1.44. The Morgan fingerprint density at radius 3 is 2.67 bits per heavy atom. The summed E-state index contributed by atoms with van der Waals surface area (Å²) in [6.45, 7) is 1.08. The fourth-order valence-corrected chi connectivity index (χ4v) is 2.34. The van der Waals surface area contributed by atoms with Crippen LogP contribution in [0, 0.1) is 0 Å². The molecule has 0 radical (unpaired) electrons. The number of hydrogen-bond acceptors (Lipinski definition) is 3. The Bertz CT molecular complexity index is 508. The lowest BCUT2D eigenvalue weighted by molar-refractivity contribution is 0.0954. The molecule has 0 atom stereocenters. The number of rotatable bonds is 5. The Balaban J connectivity index is 2.00. The maximum absolute atomic E-state index is 11.8. The predicted octanol–water partition coefficient (Wildman–Crippen LogP) is 2.82. The van der Waals surface area contributed by atoms with E-state index in [9.17, 15) is 4.79 Å². The molecule has 0 fully saturated rings. The van der Waals surface area contributed by atoms with E-state index in [0.717, 1.165) is 16.0 Å². The summed E-state index contributed by atoms with van der Waals surface area (Å²) < 4.78 is 5.14. The largest absolute Gasteiger partial charge is 0.380 e. The molecular weight excluding hydrogens is 246 g/mol. The van der Waals surface area contributed by atoms with Gasteiger partial charge in [-0.25, -0.2) is 0 Å². The minimum absolute atomic E-state index is 0.0304. The molecule has 0 unspecified atom stereocenters. The molecule has 0 saturated carbocycles. The molecular formula is C14H15NO2S. The third-order valence-electron chi connectivity index (χ3n) is 2.60. The monoisotopic (exact) mass is 261 g/mol. The van der Waals surface area contributed by atoms with E-state index in [4.69, 9.17) is 4.74 Å². The Labute approximate surface area is 110 Å². The number of methoxy groups -OCH3 is 1. The van der Waals surface area contributed by atoms with E-state index < -0.39 is 0 Å². The second-order valence-electron chi connectivity index (χ2n) is 3.86. The third kappa shape index (κ3) is 3.18. The highest BCUT2D eigenvalue weighted by molar-refractivity contribution is 7.12. The average Bonchev–Trinajstić information content (AvgIpc) is 2.92. The highest BCUT2D eigenvalue weighted by atomic mass is 32.1. The van der Waals surface area contributed by atoms with Gasteiger partial charge < -0.3 is 10.1 Å². The van der Waals surface area contributed by atoms with Crippen molar-refractivity contribution in [2.75, 3.05) is 7.11 Å². The summed E-state index contributed by atoms with van der Waals surface area (Å²) in [6, 6.07) is 11.6. The quantitative estimate of drug-likeness (QED) is 0.898. The molecule has 94 valence electrons. The molecule has 0 spiro atoms. The van der Waals surface area contributed by atoms with E-state index in [1.54, 1.807) is 7.11 Å². The van der Waals surface area contributed by atoms with Gasteiger partial charge in [-0.3, -0.25) is 4.79 Å².